The molecule has 21 heavy (non-hydrogen) atoms. The van der Waals surface area contributed by atoms with Crippen molar-refractivity contribution in [1.82, 2.24) is 20.8 Å². The lowest BCUT2D eigenvalue weighted by molar-refractivity contribution is -0.143. The number of primary amides is 1. The second-order valence-electron chi connectivity index (χ2n) is 4.36. The predicted molar refractivity (Wildman–Crippen MR) is 69.8 cm³/mol. The molecule has 10 heteroatoms. The smallest absolute Gasteiger partial charge is 0.322 e. The average Bonchev–Trinajstić information content (AvgIpc) is 2.89. The van der Waals surface area contributed by atoms with E-state index in [2.05, 4.69) is 20.8 Å². The molecule has 0 unspecified atom stereocenters. The number of carbonyl (C=O) groups is 3. The van der Waals surface area contributed by atoms with Crippen molar-refractivity contribution in [2.75, 3.05) is 0 Å². The van der Waals surface area contributed by atoms with Gasteiger partial charge in [0, 0.05) is 24.7 Å². The lowest BCUT2D eigenvalue weighted by Gasteiger charge is -2.19. The maximum atomic E-state index is 11.1. The van der Waals surface area contributed by atoms with Crippen molar-refractivity contribution in [3.05, 3.63) is 18.2 Å². The van der Waals surface area contributed by atoms with E-state index < -0.39 is 29.9 Å². The third-order valence-corrected chi connectivity index (χ3v) is 2.69. The summed E-state index contributed by atoms with van der Waals surface area (Å²) in [7, 11) is 0. The van der Waals surface area contributed by atoms with Gasteiger partial charge in [0.1, 0.15) is 12.1 Å². The number of nitrogens with one attached hydrogen (secondary N) is 3. The molecule has 0 saturated carbocycles. The van der Waals surface area contributed by atoms with Gasteiger partial charge in [-0.05, 0) is 6.42 Å². The van der Waals surface area contributed by atoms with Gasteiger partial charge in [-0.3, -0.25) is 14.4 Å². The summed E-state index contributed by atoms with van der Waals surface area (Å²) in [6.07, 6.45) is 2.80. The SMILES string of the molecule is NC(=O)CC[C@H](NN[C@@H](Cc1cnc[nH]1)C(=O)O)C(=O)O. The maximum Gasteiger partial charge on any atom is 0.322 e. The van der Waals surface area contributed by atoms with Crippen LogP contribution >= 0.6 is 0 Å². The second kappa shape index (κ2) is 7.97. The number of hydrazine groups is 1. The minimum atomic E-state index is -1.21. The van der Waals surface area contributed by atoms with Crippen LogP contribution in [0.4, 0.5) is 0 Å². The minimum absolute atomic E-state index is 0.0476. The fraction of sp³-hybridized carbons (Fsp3) is 0.455. The third kappa shape index (κ3) is 6.01. The van der Waals surface area contributed by atoms with Crippen LogP contribution in [0.5, 0.6) is 0 Å². The number of H-pyrrole nitrogens is 1. The molecule has 0 aliphatic rings. The first-order chi connectivity index (χ1) is 9.90. The zero-order valence-electron chi connectivity index (χ0n) is 11.1. The van der Waals surface area contributed by atoms with Crippen LogP contribution < -0.4 is 16.6 Å². The largest absolute Gasteiger partial charge is 0.480 e. The molecule has 1 heterocycles. The monoisotopic (exact) mass is 299 g/mol. The number of aromatic nitrogens is 2. The van der Waals surface area contributed by atoms with Crippen molar-refractivity contribution < 1.29 is 24.6 Å². The highest BCUT2D eigenvalue weighted by molar-refractivity contribution is 5.77. The number of imidazole rings is 1. The first-order valence-electron chi connectivity index (χ1n) is 6.12. The van der Waals surface area contributed by atoms with E-state index >= 15 is 0 Å². The van der Waals surface area contributed by atoms with E-state index in [0.29, 0.717) is 5.69 Å². The highest BCUT2D eigenvalue weighted by atomic mass is 16.4. The maximum absolute atomic E-state index is 11.1. The van der Waals surface area contributed by atoms with E-state index in [1.807, 2.05) is 0 Å². The molecule has 10 nitrogen and oxygen atoms in total. The number of rotatable bonds is 10. The normalized spacial score (nSPS) is 13.5. The first-order valence-corrected chi connectivity index (χ1v) is 6.12. The van der Waals surface area contributed by atoms with E-state index in [1.54, 1.807) is 0 Å². The van der Waals surface area contributed by atoms with Crippen molar-refractivity contribution in [3.8, 4) is 0 Å². The number of aromatic amines is 1. The summed E-state index contributed by atoms with van der Waals surface area (Å²) >= 11 is 0. The fourth-order valence-corrected chi connectivity index (χ4v) is 1.56. The molecule has 0 aliphatic heterocycles. The standard InChI is InChI=1S/C11H17N5O5/c12-9(17)2-1-7(10(18)19)15-16-8(11(20)21)3-6-4-13-5-14-6/h4-5,7-8,15-16H,1-3H2,(H2,12,17)(H,13,14)(H,18,19)(H,20,21)/t7-,8-/m0/s1. The molecule has 0 spiro atoms. The molecule has 0 aliphatic carbocycles. The second-order valence-corrected chi connectivity index (χ2v) is 4.36. The summed E-state index contributed by atoms with van der Waals surface area (Å²) < 4.78 is 0. The summed E-state index contributed by atoms with van der Waals surface area (Å²) in [6.45, 7) is 0. The summed E-state index contributed by atoms with van der Waals surface area (Å²) in [5.74, 6) is -3.00. The molecule has 1 aromatic rings. The topological polar surface area (TPSA) is 170 Å². The fourth-order valence-electron chi connectivity index (χ4n) is 1.56. The van der Waals surface area contributed by atoms with Crippen molar-refractivity contribution in [2.45, 2.75) is 31.3 Å². The molecule has 0 fully saturated rings. The Morgan fingerprint density at radius 2 is 1.86 bits per heavy atom. The van der Waals surface area contributed by atoms with Gasteiger partial charge in [0.2, 0.25) is 5.91 Å². The van der Waals surface area contributed by atoms with Crippen LogP contribution in [0.1, 0.15) is 18.5 Å². The van der Waals surface area contributed by atoms with Gasteiger partial charge in [-0.25, -0.2) is 15.8 Å². The van der Waals surface area contributed by atoms with Crippen LogP contribution in [0.25, 0.3) is 0 Å². The molecular weight excluding hydrogens is 282 g/mol. The molecule has 2 atom stereocenters. The van der Waals surface area contributed by atoms with Crippen LogP contribution in [0, 0.1) is 0 Å². The van der Waals surface area contributed by atoms with E-state index in [0.717, 1.165) is 0 Å². The Morgan fingerprint density at radius 3 is 2.33 bits per heavy atom. The molecule has 116 valence electrons. The average molecular weight is 299 g/mol. The number of hydrogen-bond acceptors (Lipinski definition) is 6. The van der Waals surface area contributed by atoms with Gasteiger partial charge in [0.05, 0.1) is 6.33 Å². The quantitative estimate of drug-likeness (QED) is 0.275. The zero-order valence-corrected chi connectivity index (χ0v) is 11.1. The highest BCUT2D eigenvalue weighted by Crippen LogP contribution is 2.00. The number of carbonyl (C=O) groups excluding carboxylic acids is 1. The summed E-state index contributed by atoms with van der Waals surface area (Å²) in [4.78, 5) is 39.3. The Labute approximate surface area is 119 Å². The Balaban J connectivity index is 2.55. The highest BCUT2D eigenvalue weighted by Gasteiger charge is 2.23. The lowest BCUT2D eigenvalue weighted by Crippen LogP contribution is -2.53. The Hall–Kier alpha value is -2.46. The molecule has 0 bridgehead atoms. The van der Waals surface area contributed by atoms with Crippen LogP contribution in [0.2, 0.25) is 0 Å². The molecule has 1 amide bonds. The van der Waals surface area contributed by atoms with Gasteiger partial charge in [-0.1, -0.05) is 0 Å². The minimum Gasteiger partial charge on any atom is -0.480 e. The van der Waals surface area contributed by atoms with Gasteiger partial charge in [0.25, 0.3) is 0 Å². The van der Waals surface area contributed by atoms with Gasteiger partial charge >= 0.3 is 11.9 Å². The molecule has 7 N–H and O–H groups in total. The summed E-state index contributed by atoms with van der Waals surface area (Å²) in [5.41, 5.74) is 10.4. The van der Waals surface area contributed by atoms with Crippen molar-refractivity contribution in [3.63, 3.8) is 0 Å². The molecular formula is C11H17N5O5. The Kier molecular flexibility index (Phi) is 6.30. The van der Waals surface area contributed by atoms with E-state index in [1.165, 1.54) is 12.5 Å². The van der Waals surface area contributed by atoms with Crippen LogP contribution in [-0.2, 0) is 20.8 Å². The molecule has 1 rings (SSSR count). The number of hydrogen-bond donors (Lipinski definition) is 6. The Bertz CT molecular complexity index is 489. The number of carboxylic acids is 2. The van der Waals surface area contributed by atoms with E-state index in [9.17, 15) is 14.4 Å². The van der Waals surface area contributed by atoms with Gasteiger partial charge in [-0.15, -0.1) is 0 Å². The molecule has 0 saturated heterocycles. The number of nitrogens with zero attached hydrogens (tertiary/aromatic N) is 1. The van der Waals surface area contributed by atoms with Crippen LogP contribution in [-0.4, -0.2) is 50.1 Å². The van der Waals surface area contributed by atoms with E-state index in [4.69, 9.17) is 15.9 Å². The molecule has 1 aromatic heterocycles. The van der Waals surface area contributed by atoms with Crippen molar-refractivity contribution in [2.24, 2.45) is 5.73 Å². The number of carboxylic acid groups (broad SMARTS) is 2. The summed E-state index contributed by atoms with van der Waals surface area (Å²) in [5, 5.41) is 18.1. The van der Waals surface area contributed by atoms with Crippen LogP contribution in [0.3, 0.4) is 0 Å². The molecule has 0 radical (unpaired) electrons. The predicted octanol–water partition coefficient (Wildman–Crippen LogP) is -1.78. The number of nitrogens with two attached hydrogens (primary N) is 1. The number of aliphatic carboxylic acids is 2. The summed E-state index contributed by atoms with van der Waals surface area (Å²) in [6, 6.07) is -2.18. The number of amides is 1. The van der Waals surface area contributed by atoms with E-state index in [-0.39, 0.29) is 19.3 Å². The van der Waals surface area contributed by atoms with Gasteiger partial charge in [-0.2, -0.15) is 0 Å². The molecule has 0 aromatic carbocycles. The van der Waals surface area contributed by atoms with Gasteiger partial charge < -0.3 is 20.9 Å². The van der Waals surface area contributed by atoms with Crippen molar-refractivity contribution in [1.29, 1.82) is 0 Å². The van der Waals surface area contributed by atoms with Crippen molar-refractivity contribution >= 4 is 17.8 Å². The first kappa shape index (κ1) is 16.6. The van der Waals surface area contributed by atoms with Gasteiger partial charge in [0.15, 0.2) is 0 Å². The Morgan fingerprint density at radius 1 is 1.24 bits per heavy atom. The third-order valence-electron chi connectivity index (χ3n) is 2.69. The lowest BCUT2D eigenvalue weighted by atomic mass is 10.1. The van der Waals surface area contributed by atoms with Crippen LogP contribution in [0.15, 0.2) is 12.5 Å². The zero-order chi connectivity index (χ0) is 15.8.